The van der Waals surface area contributed by atoms with Gasteiger partial charge in [-0.2, -0.15) is 0 Å². The molecular formula is C17H26ClN3O3S. The zero-order chi connectivity index (χ0) is 17.2. The Hall–Kier alpha value is -1.31. The fourth-order valence-electron chi connectivity index (χ4n) is 3.70. The quantitative estimate of drug-likeness (QED) is 0.823. The van der Waals surface area contributed by atoms with Crippen LogP contribution in [0.2, 0.25) is 0 Å². The molecule has 0 atom stereocenters. The fraction of sp³-hybridized carbons (Fsp3) is 0.588. The van der Waals surface area contributed by atoms with Crippen molar-refractivity contribution in [3.63, 3.8) is 0 Å². The monoisotopic (exact) mass is 387 g/mol. The molecule has 0 aromatic heterocycles. The highest BCUT2D eigenvalue weighted by Crippen LogP contribution is 2.37. The molecule has 6 nitrogen and oxygen atoms in total. The van der Waals surface area contributed by atoms with Gasteiger partial charge < -0.3 is 10.2 Å². The van der Waals surface area contributed by atoms with Gasteiger partial charge in [0.1, 0.15) is 0 Å². The summed E-state index contributed by atoms with van der Waals surface area (Å²) in [5.41, 5.74) is 1.73. The van der Waals surface area contributed by atoms with E-state index >= 15 is 0 Å². The molecule has 0 saturated carbocycles. The number of hydrogen-bond donors (Lipinski definition) is 2. The first kappa shape index (κ1) is 20.0. The number of nitrogens with zero attached hydrogens (tertiary/aromatic N) is 1. The largest absolute Gasteiger partial charge is 0.342 e. The van der Waals surface area contributed by atoms with Crippen LogP contribution in [-0.2, 0) is 21.2 Å². The Balaban J connectivity index is 0.00000225. The lowest BCUT2D eigenvalue weighted by Crippen LogP contribution is -2.44. The number of hydrogen-bond acceptors (Lipinski definition) is 4. The lowest BCUT2D eigenvalue weighted by molar-refractivity contribution is -0.132. The van der Waals surface area contributed by atoms with E-state index in [9.17, 15) is 13.2 Å². The summed E-state index contributed by atoms with van der Waals surface area (Å²) in [6, 6.07) is 7.04. The van der Waals surface area contributed by atoms with E-state index in [-0.39, 0.29) is 18.3 Å². The Kier molecular flexibility index (Phi) is 6.35. The molecule has 2 heterocycles. The minimum atomic E-state index is -3.31. The zero-order valence-electron chi connectivity index (χ0n) is 14.5. The predicted molar refractivity (Wildman–Crippen MR) is 102 cm³/mol. The number of sulfonamides is 1. The van der Waals surface area contributed by atoms with Gasteiger partial charge >= 0.3 is 0 Å². The van der Waals surface area contributed by atoms with Crippen LogP contribution < -0.4 is 10.0 Å². The first-order valence-corrected chi connectivity index (χ1v) is 10.3. The molecule has 0 radical (unpaired) electrons. The van der Waals surface area contributed by atoms with Crippen molar-refractivity contribution in [3.8, 4) is 0 Å². The van der Waals surface area contributed by atoms with E-state index in [0.29, 0.717) is 17.5 Å². The molecule has 0 unspecified atom stereocenters. The smallest absolute Gasteiger partial charge is 0.229 e. The van der Waals surface area contributed by atoms with Gasteiger partial charge in [-0.15, -0.1) is 12.4 Å². The van der Waals surface area contributed by atoms with Crippen molar-refractivity contribution in [2.24, 2.45) is 5.41 Å². The number of anilines is 1. The summed E-state index contributed by atoms with van der Waals surface area (Å²) in [4.78, 5) is 14.5. The molecule has 3 rings (SSSR count). The average Bonchev–Trinajstić information content (AvgIpc) is 2.94. The summed E-state index contributed by atoms with van der Waals surface area (Å²) in [5, 5.41) is 3.43. The normalized spacial score (nSPS) is 19.5. The number of carbonyl (C=O) groups excluding carboxylic acids is 1. The van der Waals surface area contributed by atoms with Gasteiger partial charge in [0.05, 0.1) is 12.7 Å². The number of amides is 1. The summed E-state index contributed by atoms with van der Waals surface area (Å²) in [6.07, 6.45) is 4.79. The van der Waals surface area contributed by atoms with Gasteiger partial charge in [-0.1, -0.05) is 12.1 Å². The molecule has 1 amide bonds. The van der Waals surface area contributed by atoms with Crippen molar-refractivity contribution in [2.45, 2.75) is 25.7 Å². The van der Waals surface area contributed by atoms with Crippen molar-refractivity contribution < 1.29 is 13.2 Å². The molecule has 1 aromatic rings. The third-order valence-electron chi connectivity index (χ3n) is 5.09. The van der Waals surface area contributed by atoms with Crippen molar-refractivity contribution in [1.29, 1.82) is 0 Å². The molecule has 140 valence electrons. The SMILES string of the molecule is CS(=O)(=O)Nc1cccc(CC(=O)N2CCC3(CCNC3)CC2)c1.Cl. The second-order valence-corrected chi connectivity index (χ2v) is 8.81. The number of likely N-dealkylation sites (tertiary alicyclic amines) is 1. The first-order valence-electron chi connectivity index (χ1n) is 8.41. The van der Waals surface area contributed by atoms with Crippen LogP contribution in [0.5, 0.6) is 0 Å². The summed E-state index contributed by atoms with van der Waals surface area (Å²) < 4.78 is 25.1. The van der Waals surface area contributed by atoms with E-state index < -0.39 is 10.0 Å². The van der Waals surface area contributed by atoms with E-state index in [0.717, 1.165) is 50.8 Å². The van der Waals surface area contributed by atoms with Crippen LogP contribution in [0.25, 0.3) is 0 Å². The maximum atomic E-state index is 12.5. The van der Waals surface area contributed by atoms with Crippen molar-refractivity contribution in [2.75, 3.05) is 37.2 Å². The second-order valence-electron chi connectivity index (χ2n) is 7.06. The molecular weight excluding hydrogens is 362 g/mol. The Morgan fingerprint density at radius 3 is 2.60 bits per heavy atom. The van der Waals surface area contributed by atoms with Crippen molar-refractivity contribution in [1.82, 2.24) is 10.2 Å². The van der Waals surface area contributed by atoms with Gasteiger partial charge in [0.25, 0.3) is 0 Å². The third-order valence-corrected chi connectivity index (χ3v) is 5.70. The maximum Gasteiger partial charge on any atom is 0.229 e. The minimum absolute atomic E-state index is 0. The molecule has 2 aliphatic heterocycles. The Morgan fingerprint density at radius 2 is 2.00 bits per heavy atom. The number of halogens is 1. The summed E-state index contributed by atoms with van der Waals surface area (Å²) in [7, 11) is -3.31. The number of nitrogens with one attached hydrogen (secondary N) is 2. The van der Waals surface area contributed by atoms with Gasteiger partial charge in [-0.25, -0.2) is 8.42 Å². The Morgan fingerprint density at radius 1 is 1.28 bits per heavy atom. The molecule has 0 aliphatic carbocycles. The first-order chi connectivity index (χ1) is 11.4. The van der Waals surface area contributed by atoms with Crippen LogP contribution in [-0.4, -0.2) is 51.7 Å². The molecule has 0 bridgehead atoms. The fourth-order valence-corrected chi connectivity index (χ4v) is 4.25. The molecule has 1 aromatic carbocycles. The molecule has 1 spiro atoms. The molecule has 2 fully saturated rings. The lowest BCUT2D eigenvalue weighted by Gasteiger charge is -2.39. The van der Waals surface area contributed by atoms with Crippen LogP contribution in [0, 0.1) is 5.41 Å². The van der Waals surface area contributed by atoms with Crippen LogP contribution in [0.15, 0.2) is 24.3 Å². The Labute approximate surface area is 155 Å². The van der Waals surface area contributed by atoms with E-state index in [1.54, 1.807) is 18.2 Å². The highest BCUT2D eigenvalue weighted by molar-refractivity contribution is 7.92. The summed E-state index contributed by atoms with van der Waals surface area (Å²) in [6.45, 7) is 3.81. The molecule has 8 heteroatoms. The third kappa shape index (κ3) is 5.33. The molecule has 25 heavy (non-hydrogen) atoms. The standard InChI is InChI=1S/C17H25N3O3S.ClH/c1-24(22,23)19-15-4-2-3-14(11-15)12-16(21)20-9-6-17(7-10-20)5-8-18-13-17;/h2-4,11,18-19H,5-10,12-13H2,1H3;1H. The van der Waals surface area contributed by atoms with Gasteiger partial charge in [0, 0.05) is 25.3 Å². The highest BCUT2D eigenvalue weighted by Gasteiger charge is 2.37. The van der Waals surface area contributed by atoms with Crippen LogP contribution in [0.4, 0.5) is 5.69 Å². The predicted octanol–water partition coefficient (Wildman–Crippen LogP) is 1.62. The maximum absolute atomic E-state index is 12.5. The molecule has 2 saturated heterocycles. The highest BCUT2D eigenvalue weighted by atomic mass is 35.5. The van der Waals surface area contributed by atoms with Crippen molar-refractivity contribution in [3.05, 3.63) is 29.8 Å². The lowest BCUT2D eigenvalue weighted by atomic mass is 9.78. The zero-order valence-corrected chi connectivity index (χ0v) is 16.1. The van der Waals surface area contributed by atoms with E-state index in [1.165, 1.54) is 6.42 Å². The van der Waals surface area contributed by atoms with E-state index in [2.05, 4.69) is 10.0 Å². The van der Waals surface area contributed by atoms with E-state index in [4.69, 9.17) is 0 Å². The van der Waals surface area contributed by atoms with Gasteiger partial charge in [-0.3, -0.25) is 9.52 Å². The number of rotatable bonds is 4. The summed E-state index contributed by atoms with van der Waals surface area (Å²) in [5.74, 6) is 0.118. The van der Waals surface area contributed by atoms with Crippen LogP contribution in [0.3, 0.4) is 0 Å². The van der Waals surface area contributed by atoms with Gasteiger partial charge in [0.15, 0.2) is 0 Å². The van der Waals surface area contributed by atoms with E-state index in [1.807, 2.05) is 11.0 Å². The topological polar surface area (TPSA) is 78.5 Å². The number of benzene rings is 1. The number of carbonyl (C=O) groups is 1. The second kappa shape index (κ2) is 7.93. The van der Waals surface area contributed by atoms with Crippen LogP contribution in [0.1, 0.15) is 24.8 Å². The molecule has 2 aliphatic rings. The van der Waals surface area contributed by atoms with Gasteiger partial charge in [0.2, 0.25) is 15.9 Å². The van der Waals surface area contributed by atoms with Crippen LogP contribution >= 0.6 is 12.4 Å². The summed E-state index contributed by atoms with van der Waals surface area (Å²) >= 11 is 0. The van der Waals surface area contributed by atoms with Gasteiger partial charge in [-0.05, 0) is 48.9 Å². The minimum Gasteiger partial charge on any atom is -0.342 e. The molecule has 2 N–H and O–H groups in total. The average molecular weight is 388 g/mol. The number of piperidine rings is 1. The van der Waals surface area contributed by atoms with Crippen molar-refractivity contribution >= 4 is 34.0 Å². The Bertz CT molecular complexity index is 708.